The highest BCUT2D eigenvalue weighted by atomic mass is 15.2. The number of piperazine rings is 1. The maximum absolute atomic E-state index is 2.64. The zero-order valence-corrected chi connectivity index (χ0v) is 9.58. The van der Waals surface area contributed by atoms with Crippen LogP contribution in [0.1, 0.15) is 6.42 Å². The average molecular weight is 197 g/mol. The van der Waals surface area contributed by atoms with Crippen LogP contribution in [0.25, 0.3) is 0 Å². The van der Waals surface area contributed by atoms with Crippen molar-refractivity contribution in [3.8, 4) is 0 Å². The van der Waals surface area contributed by atoms with Crippen molar-refractivity contribution in [2.24, 2.45) is 5.92 Å². The molecule has 0 aromatic rings. The van der Waals surface area contributed by atoms with Gasteiger partial charge in [-0.1, -0.05) is 0 Å². The van der Waals surface area contributed by atoms with Crippen LogP contribution in [0, 0.1) is 5.92 Å². The van der Waals surface area contributed by atoms with Gasteiger partial charge in [-0.2, -0.15) is 0 Å². The van der Waals surface area contributed by atoms with Crippen molar-refractivity contribution in [2.75, 3.05) is 59.9 Å². The summed E-state index contributed by atoms with van der Waals surface area (Å²) in [5.41, 5.74) is 0. The highest BCUT2D eigenvalue weighted by Crippen LogP contribution is 2.16. The summed E-state index contributed by atoms with van der Waals surface area (Å²) in [6.45, 7) is 9.00. The molecule has 2 aliphatic heterocycles. The predicted molar refractivity (Wildman–Crippen MR) is 59.5 cm³/mol. The lowest BCUT2D eigenvalue weighted by Gasteiger charge is -2.33. The second kappa shape index (κ2) is 4.60. The van der Waals surface area contributed by atoms with E-state index in [4.69, 9.17) is 0 Å². The van der Waals surface area contributed by atoms with Crippen molar-refractivity contribution >= 4 is 0 Å². The molecule has 2 fully saturated rings. The van der Waals surface area contributed by atoms with Crippen molar-refractivity contribution in [1.82, 2.24) is 14.7 Å². The Morgan fingerprint density at radius 2 is 1.64 bits per heavy atom. The Kier molecular flexibility index (Phi) is 3.42. The minimum absolute atomic E-state index is 0.934. The third-order valence-electron chi connectivity index (χ3n) is 3.60. The molecule has 2 saturated heterocycles. The third-order valence-corrected chi connectivity index (χ3v) is 3.60. The molecule has 82 valence electrons. The van der Waals surface area contributed by atoms with Gasteiger partial charge in [0.05, 0.1) is 0 Å². The lowest BCUT2D eigenvalue weighted by molar-refractivity contribution is 0.137. The van der Waals surface area contributed by atoms with Gasteiger partial charge in [0.15, 0.2) is 0 Å². The van der Waals surface area contributed by atoms with Crippen molar-refractivity contribution in [3.05, 3.63) is 0 Å². The van der Waals surface area contributed by atoms with E-state index in [9.17, 15) is 0 Å². The molecule has 3 heteroatoms. The Morgan fingerprint density at radius 1 is 0.929 bits per heavy atom. The van der Waals surface area contributed by atoms with E-state index in [0.717, 1.165) is 5.92 Å². The van der Waals surface area contributed by atoms with Gasteiger partial charge in [-0.3, -0.25) is 0 Å². The van der Waals surface area contributed by atoms with Gasteiger partial charge >= 0.3 is 0 Å². The Morgan fingerprint density at radius 3 is 2.21 bits per heavy atom. The van der Waals surface area contributed by atoms with Crippen molar-refractivity contribution in [2.45, 2.75) is 6.42 Å². The lowest BCUT2D eigenvalue weighted by Crippen LogP contribution is -2.46. The second-order valence-electron chi connectivity index (χ2n) is 5.02. The quantitative estimate of drug-likeness (QED) is 0.625. The average Bonchev–Trinajstić information content (AvgIpc) is 2.56. The van der Waals surface area contributed by atoms with Gasteiger partial charge in [0.2, 0.25) is 0 Å². The van der Waals surface area contributed by atoms with Crippen LogP contribution in [0.4, 0.5) is 0 Å². The molecule has 1 atom stereocenters. The fourth-order valence-electron chi connectivity index (χ4n) is 2.57. The summed E-state index contributed by atoms with van der Waals surface area (Å²) in [7, 11) is 4.46. The van der Waals surface area contributed by atoms with Crippen LogP contribution in [0.5, 0.6) is 0 Å². The number of rotatable bonds is 2. The molecule has 0 spiro atoms. The van der Waals surface area contributed by atoms with E-state index in [2.05, 4.69) is 28.8 Å². The summed E-state index contributed by atoms with van der Waals surface area (Å²) < 4.78 is 0. The SMILES string of the molecule is CN1CCN(CC2CCN(C)C2)CC1. The number of nitrogens with zero attached hydrogens (tertiary/aromatic N) is 3. The third kappa shape index (κ3) is 2.69. The first kappa shape index (κ1) is 10.4. The van der Waals surface area contributed by atoms with Crippen LogP contribution in [0.15, 0.2) is 0 Å². The molecular weight excluding hydrogens is 174 g/mol. The highest BCUT2D eigenvalue weighted by Gasteiger charge is 2.23. The van der Waals surface area contributed by atoms with Crippen LogP contribution in [0.3, 0.4) is 0 Å². The molecule has 14 heavy (non-hydrogen) atoms. The molecule has 0 aromatic heterocycles. The van der Waals surface area contributed by atoms with Gasteiger partial charge < -0.3 is 14.7 Å². The fourth-order valence-corrected chi connectivity index (χ4v) is 2.57. The largest absolute Gasteiger partial charge is 0.306 e. The summed E-state index contributed by atoms with van der Waals surface area (Å²) in [5.74, 6) is 0.934. The van der Waals surface area contributed by atoms with E-state index in [0.29, 0.717) is 0 Å². The molecule has 0 N–H and O–H groups in total. The lowest BCUT2D eigenvalue weighted by atomic mass is 10.1. The molecule has 0 saturated carbocycles. The first-order chi connectivity index (χ1) is 6.74. The molecule has 3 nitrogen and oxygen atoms in total. The number of likely N-dealkylation sites (N-methyl/N-ethyl adjacent to an activating group) is 1. The minimum Gasteiger partial charge on any atom is -0.306 e. The van der Waals surface area contributed by atoms with E-state index in [1.807, 2.05) is 0 Å². The van der Waals surface area contributed by atoms with Gasteiger partial charge in [-0.15, -0.1) is 0 Å². The monoisotopic (exact) mass is 197 g/mol. The molecule has 0 aromatic carbocycles. The fraction of sp³-hybridized carbons (Fsp3) is 1.00. The molecule has 0 bridgehead atoms. The Labute approximate surface area is 87.7 Å². The number of likely N-dealkylation sites (tertiary alicyclic amines) is 1. The molecule has 2 rings (SSSR count). The zero-order valence-electron chi connectivity index (χ0n) is 9.58. The first-order valence-electron chi connectivity index (χ1n) is 5.83. The van der Waals surface area contributed by atoms with E-state index < -0.39 is 0 Å². The number of hydrogen-bond donors (Lipinski definition) is 0. The molecule has 2 heterocycles. The van der Waals surface area contributed by atoms with E-state index in [-0.39, 0.29) is 0 Å². The minimum atomic E-state index is 0.934. The van der Waals surface area contributed by atoms with Gasteiger partial charge in [-0.05, 0) is 33.0 Å². The Hall–Kier alpha value is -0.120. The van der Waals surface area contributed by atoms with Crippen molar-refractivity contribution in [3.63, 3.8) is 0 Å². The van der Waals surface area contributed by atoms with Crippen LogP contribution in [-0.2, 0) is 0 Å². The first-order valence-corrected chi connectivity index (χ1v) is 5.83. The summed E-state index contributed by atoms with van der Waals surface area (Å²) in [6, 6.07) is 0. The molecule has 1 unspecified atom stereocenters. The summed E-state index contributed by atoms with van der Waals surface area (Å²) in [6.07, 6.45) is 1.41. The maximum atomic E-state index is 2.64. The van der Waals surface area contributed by atoms with Gasteiger partial charge in [0.25, 0.3) is 0 Å². The summed E-state index contributed by atoms with van der Waals surface area (Å²) in [4.78, 5) is 7.53. The van der Waals surface area contributed by atoms with Gasteiger partial charge in [-0.25, -0.2) is 0 Å². The Bertz CT molecular complexity index is 175. The van der Waals surface area contributed by atoms with E-state index >= 15 is 0 Å². The van der Waals surface area contributed by atoms with Crippen LogP contribution >= 0.6 is 0 Å². The van der Waals surface area contributed by atoms with Crippen LogP contribution < -0.4 is 0 Å². The van der Waals surface area contributed by atoms with Crippen LogP contribution in [-0.4, -0.2) is 74.6 Å². The zero-order chi connectivity index (χ0) is 9.97. The molecule has 0 radical (unpaired) electrons. The van der Waals surface area contributed by atoms with E-state index in [1.54, 1.807) is 0 Å². The predicted octanol–water partition coefficient (Wildman–Crippen LogP) is 0.186. The molecule has 2 aliphatic rings. The van der Waals surface area contributed by atoms with Crippen LogP contribution in [0.2, 0.25) is 0 Å². The number of hydrogen-bond acceptors (Lipinski definition) is 3. The topological polar surface area (TPSA) is 9.72 Å². The summed E-state index contributed by atoms with van der Waals surface area (Å²) in [5, 5.41) is 0. The van der Waals surface area contributed by atoms with E-state index in [1.165, 1.54) is 52.2 Å². The van der Waals surface area contributed by atoms with Gasteiger partial charge in [0, 0.05) is 39.3 Å². The smallest absolute Gasteiger partial charge is 0.0110 e. The maximum Gasteiger partial charge on any atom is 0.0110 e. The van der Waals surface area contributed by atoms with Gasteiger partial charge in [0.1, 0.15) is 0 Å². The van der Waals surface area contributed by atoms with Crippen molar-refractivity contribution < 1.29 is 0 Å². The molecule has 0 aliphatic carbocycles. The second-order valence-corrected chi connectivity index (χ2v) is 5.02. The highest BCUT2D eigenvalue weighted by molar-refractivity contribution is 4.78. The normalized spacial score (nSPS) is 32.6. The Balaban J connectivity index is 1.70. The standard InChI is InChI=1S/C11H23N3/c1-12-5-7-14(8-6-12)10-11-3-4-13(2)9-11/h11H,3-10H2,1-2H3. The molecule has 0 amide bonds. The summed E-state index contributed by atoms with van der Waals surface area (Å²) >= 11 is 0. The molecular formula is C11H23N3. The van der Waals surface area contributed by atoms with Crippen molar-refractivity contribution in [1.29, 1.82) is 0 Å².